The number of nitrogens with one attached hydrogen (secondary N) is 1. The molecule has 0 aromatic carbocycles. The van der Waals surface area contributed by atoms with Crippen LogP contribution in [0.5, 0.6) is 0 Å². The fraction of sp³-hybridized carbons (Fsp3) is 1.00. The van der Waals surface area contributed by atoms with E-state index in [1.807, 2.05) is 0 Å². The highest BCUT2D eigenvalue weighted by molar-refractivity contribution is 4.74. The quantitative estimate of drug-likeness (QED) is 0.667. The molecule has 1 aliphatic heterocycles. The number of likely N-dealkylation sites (tertiary alicyclic amines) is 1. The van der Waals surface area contributed by atoms with E-state index in [1.165, 1.54) is 58.3 Å². The average molecular weight is 254 g/mol. The molecule has 0 aromatic heterocycles. The lowest BCUT2D eigenvalue weighted by molar-refractivity contribution is 0.136. The summed E-state index contributed by atoms with van der Waals surface area (Å²) in [5.41, 5.74) is 0. The number of hydrogen-bond acceptors (Lipinski definition) is 2. The van der Waals surface area contributed by atoms with Crippen LogP contribution in [0.15, 0.2) is 0 Å². The number of hydrogen-bond donors (Lipinski definition) is 1. The normalized spacial score (nSPS) is 25.8. The number of piperidine rings is 1. The molecule has 2 nitrogen and oxygen atoms in total. The molecule has 1 heterocycles. The van der Waals surface area contributed by atoms with Gasteiger partial charge in [-0.3, -0.25) is 0 Å². The number of rotatable bonds is 8. The minimum Gasteiger partial charge on any atom is -0.315 e. The molecule has 0 spiro atoms. The van der Waals surface area contributed by atoms with Gasteiger partial charge in [0.25, 0.3) is 0 Å². The Kier molecular flexibility index (Phi) is 7.92. The van der Waals surface area contributed by atoms with E-state index in [9.17, 15) is 0 Å². The lowest BCUT2D eigenvalue weighted by Crippen LogP contribution is -2.38. The molecule has 0 amide bonds. The number of unbranched alkanes of at least 4 members (excludes halogenated alkanes) is 3. The molecule has 1 rings (SSSR count). The second kappa shape index (κ2) is 8.92. The summed E-state index contributed by atoms with van der Waals surface area (Å²) in [6.45, 7) is 14.4. The van der Waals surface area contributed by atoms with E-state index in [-0.39, 0.29) is 0 Å². The van der Waals surface area contributed by atoms with Crippen molar-refractivity contribution in [3.8, 4) is 0 Å². The van der Waals surface area contributed by atoms with Gasteiger partial charge >= 0.3 is 0 Å². The van der Waals surface area contributed by atoms with Crippen molar-refractivity contribution in [3.05, 3.63) is 0 Å². The Morgan fingerprint density at radius 1 is 1.06 bits per heavy atom. The maximum Gasteiger partial charge on any atom is 0.00103 e. The molecule has 1 fully saturated rings. The van der Waals surface area contributed by atoms with E-state index in [0.717, 1.165) is 11.8 Å². The molecule has 0 radical (unpaired) electrons. The Balaban J connectivity index is 1.92. The molecule has 1 saturated heterocycles. The highest BCUT2D eigenvalue weighted by atomic mass is 15.1. The van der Waals surface area contributed by atoms with Crippen molar-refractivity contribution in [2.24, 2.45) is 11.8 Å². The molecule has 18 heavy (non-hydrogen) atoms. The van der Waals surface area contributed by atoms with Gasteiger partial charge in [0.15, 0.2) is 0 Å². The van der Waals surface area contributed by atoms with Gasteiger partial charge in [-0.15, -0.1) is 0 Å². The molecule has 1 aliphatic rings. The summed E-state index contributed by atoms with van der Waals surface area (Å²) in [7, 11) is 0. The molecular weight excluding hydrogens is 220 g/mol. The smallest absolute Gasteiger partial charge is 0.00103 e. The largest absolute Gasteiger partial charge is 0.315 e. The van der Waals surface area contributed by atoms with E-state index in [0.29, 0.717) is 6.04 Å². The van der Waals surface area contributed by atoms with E-state index >= 15 is 0 Å². The van der Waals surface area contributed by atoms with Gasteiger partial charge in [0.2, 0.25) is 0 Å². The Hall–Kier alpha value is -0.0800. The van der Waals surface area contributed by atoms with E-state index in [2.05, 4.69) is 37.9 Å². The van der Waals surface area contributed by atoms with Crippen molar-refractivity contribution < 1.29 is 0 Å². The van der Waals surface area contributed by atoms with Crippen LogP contribution in [-0.4, -0.2) is 37.1 Å². The number of nitrogens with zero attached hydrogens (tertiary/aromatic N) is 1. The van der Waals surface area contributed by atoms with Crippen molar-refractivity contribution in [2.45, 2.75) is 65.8 Å². The maximum atomic E-state index is 3.49. The Labute approximate surface area is 115 Å². The van der Waals surface area contributed by atoms with Crippen LogP contribution in [0.3, 0.4) is 0 Å². The molecule has 0 aliphatic carbocycles. The summed E-state index contributed by atoms with van der Waals surface area (Å²) in [6, 6.07) is 0.641. The van der Waals surface area contributed by atoms with Crippen molar-refractivity contribution >= 4 is 0 Å². The third kappa shape index (κ3) is 6.75. The van der Waals surface area contributed by atoms with Gasteiger partial charge in [-0.1, -0.05) is 40.5 Å². The molecule has 2 heteroatoms. The molecule has 2 unspecified atom stereocenters. The summed E-state index contributed by atoms with van der Waals surface area (Å²) in [6.07, 6.45) is 6.92. The second-order valence-electron chi connectivity index (χ2n) is 6.57. The lowest BCUT2D eigenvalue weighted by atomic mass is 9.88. The predicted octanol–water partition coefficient (Wildman–Crippen LogP) is 3.52. The van der Waals surface area contributed by atoms with Crippen LogP contribution >= 0.6 is 0 Å². The topological polar surface area (TPSA) is 15.3 Å². The van der Waals surface area contributed by atoms with Crippen molar-refractivity contribution in [1.82, 2.24) is 10.2 Å². The highest BCUT2D eigenvalue weighted by Crippen LogP contribution is 2.22. The van der Waals surface area contributed by atoms with Crippen molar-refractivity contribution in [3.63, 3.8) is 0 Å². The molecule has 1 N–H and O–H groups in total. The van der Waals surface area contributed by atoms with Gasteiger partial charge in [0.1, 0.15) is 0 Å². The lowest BCUT2D eigenvalue weighted by Gasteiger charge is -2.35. The van der Waals surface area contributed by atoms with Gasteiger partial charge < -0.3 is 10.2 Å². The van der Waals surface area contributed by atoms with E-state index < -0.39 is 0 Å². The highest BCUT2D eigenvalue weighted by Gasteiger charge is 2.21. The molecular formula is C16H34N2. The zero-order valence-corrected chi connectivity index (χ0v) is 13.0. The van der Waals surface area contributed by atoms with Crippen LogP contribution in [0.25, 0.3) is 0 Å². The Bertz CT molecular complexity index is 203. The van der Waals surface area contributed by atoms with E-state index in [1.54, 1.807) is 0 Å². The molecule has 0 bridgehead atoms. The molecule has 108 valence electrons. The first-order chi connectivity index (χ1) is 8.59. The van der Waals surface area contributed by atoms with Gasteiger partial charge in [0.05, 0.1) is 0 Å². The predicted molar refractivity (Wildman–Crippen MR) is 81.0 cm³/mol. The van der Waals surface area contributed by atoms with Gasteiger partial charge in [-0.2, -0.15) is 0 Å². The first kappa shape index (κ1) is 16.0. The third-order valence-corrected chi connectivity index (χ3v) is 4.37. The minimum absolute atomic E-state index is 0.641. The summed E-state index contributed by atoms with van der Waals surface area (Å²) < 4.78 is 0. The minimum atomic E-state index is 0.641. The first-order valence-electron chi connectivity index (χ1n) is 8.05. The zero-order valence-electron chi connectivity index (χ0n) is 13.0. The van der Waals surface area contributed by atoms with Gasteiger partial charge in [-0.05, 0) is 50.7 Å². The SMILES string of the molecule is CC(C)NCCCCCCN1CCC(C)C(C)C1. The standard InChI is InChI=1S/C16H34N2/c1-14(2)17-10-7-5-6-8-11-18-12-9-15(3)16(4)13-18/h14-17H,5-13H2,1-4H3. The summed E-state index contributed by atoms with van der Waals surface area (Å²) in [4.78, 5) is 2.68. The Morgan fingerprint density at radius 2 is 1.78 bits per heavy atom. The van der Waals surface area contributed by atoms with Crippen LogP contribution in [0.1, 0.15) is 59.8 Å². The van der Waals surface area contributed by atoms with Gasteiger partial charge in [-0.25, -0.2) is 0 Å². The zero-order chi connectivity index (χ0) is 13.4. The van der Waals surface area contributed by atoms with Crippen LogP contribution in [0, 0.1) is 11.8 Å². The maximum absolute atomic E-state index is 3.49. The fourth-order valence-corrected chi connectivity index (χ4v) is 2.76. The summed E-state index contributed by atoms with van der Waals surface area (Å²) >= 11 is 0. The fourth-order valence-electron chi connectivity index (χ4n) is 2.76. The molecule has 0 saturated carbocycles. The molecule has 2 atom stereocenters. The monoisotopic (exact) mass is 254 g/mol. The van der Waals surface area contributed by atoms with E-state index in [4.69, 9.17) is 0 Å². The summed E-state index contributed by atoms with van der Waals surface area (Å²) in [5.74, 6) is 1.83. The van der Waals surface area contributed by atoms with Crippen LogP contribution in [0.4, 0.5) is 0 Å². The second-order valence-corrected chi connectivity index (χ2v) is 6.57. The van der Waals surface area contributed by atoms with Crippen LogP contribution in [-0.2, 0) is 0 Å². The van der Waals surface area contributed by atoms with Crippen molar-refractivity contribution in [1.29, 1.82) is 0 Å². The van der Waals surface area contributed by atoms with Gasteiger partial charge in [0, 0.05) is 12.6 Å². The first-order valence-corrected chi connectivity index (χ1v) is 8.05. The summed E-state index contributed by atoms with van der Waals surface area (Å²) in [5, 5.41) is 3.49. The van der Waals surface area contributed by atoms with Crippen LogP contribution in [0.2, 0.25) is 0 Å². The average Bonchev–Trinajstić information content (AvgIpc) is 2.32. The van der Waals surface area contributed by atoms with Crippen LogP contribution < -0.4 is 5.32 Å². The van der Waals surface area contributed by atoms with Crippen molar-refractivity contribution in [2.75, 3.05) is 26.2 Å². The third-order valence-electron chi connectivity index (χ3n) is 4.37. The molecule has 0 aromatic rings. The Morgan fingerprint density at radius 3 is 2.44 bits per heavy atom.